The molecule has 6 atom stereocenters. The smallest absolute Gasteiger partial charge is 0.245 e. The number of para-hydroxylation sites is 1. The van der Waals surface area contributed by atoms with Gasteiger partial charge in [-0.15, -0.1) is 0 Å². The van der Waals surface area contributed by atoms with Crippen molar-refractivity contribution in [3.63, 3.8) is 0 Å². The number of nitrogens with one attached hydrogen (secondary N) is 7. The first-order valence-corrected chi connectivity index (χ1v) is 23.0. The lowest BCUT2D eigenvalue weighted by molar-refractivity contribution is -0.142. The minimum Gasteiger partial charge on any atom is -0.361 e. The monoisotopic (exact) mass is 890 g/mol. The molecule has 7 amide bonds. The summed E-state index contributed by atoms with van der Waals surface area (Å²) in [4.78, 5) is 108. The molecule has 2 aromatic carbocycles. The van der Waals surface area contributed by atoms with E-state index in [0.717, 1.165) is 54.1 Å². The molecule has 0 bridgehead atoms. The Balaban J connectivity index is 1.20. The van der Waals surface area contributed by atoms with Gasteiger partial charge in [0.1, 0.15) is 36.3 Å². The molecule has 4 aromatic rings. The number of carbonyl (C=O) groups is 7. The largest absolute Gasteiger partial charge is 0.361 e. The Morgan fingerprint density at radius 2 is 1.49 bits per heavy atom. The highest BCUT2D eigenvalue weighted by Gasteiger charge is 2.40. The fraction of sp³-hybridized carbons (Fsp3) is 0.500. The second kappa shape index (κ2) is 21.9. The first-order valence-electron chi connectivity index (χ1n) is 23.0. The van der Waals surface area contributed by atoms with Gasteiger partial charge in [0.05, 0.1) is 6.33 Å². The average Bonchev–Trinajstić information content (AvgIpc) is 4.07. The maximum absolute atomic E-state index is 14.7. The summed E-state index contributed by atoms with van der Waals surface area (Å²) in [5.41, 5.74) is 3.13. The number of aromatic nitrogens is 3. The van der Waals surface area contributed by atoms with E-state index in [9.17, 15) is 33.6 Å². The molecule has 3 aliphatic rings. The number of H-pyrrole nitrogens is 1. The van der Waals surface area contributed by atoms with Crippen LogP contribution in [0.25, 0.3) is 10.9 Å². The topological polar surface area (TPSA) is 229 Å². The molecule has 2 saturated heterocycles. The van der Waals surface area contributed by atoms with Gasteiger partial charge in [-0.3, -0.25) is 33.6 Å². The summed E-state index contributed by atoms with van der Waals surface area (Å²) >= 11 is 0. The molecular formula is C48H62N10O7. The summed E-state index contributed by atoms with van der Waals surface area (Å²) in [6.45, 7) is 1.65. The van der Waals surface area contributed by atoms with Gasteiger partial charge in [-0.25, -0.2) is 4.98 Å². The van der Waals surface area contributed by atoms with Crippen LogP contribution >= 0.6 is 0 Å². The third kappa shape index (κ3) is 12.2. The number of nitrogens with zero attached hydrogens (tertiary/aromatic N) is 3. The second-order valence-electron chi connectivity index (χ2n) is 17.8. The van der Waals surface area contributed by atoms with Gasteiger partial charge in [0.2, 0.25) is 41.4 Å². The lowest BCUT2D eigenvalue weighted by atomic mass is 9.84. The highest BCUT2D eigenvalue weighted by atomic mass is 16.2. The quantitative estimate of drug-likeness (QED) is 0.118. The summed E-state index contributed by atoms with van der Waals surface area (Å²) < 4.78 is 1.76. The van der Waals surface area contributed by atoms with Crippen molar-refractivity contribution in [1.82, 2.24) is 51.3 Å². The Morgan fingerprint density at radius 1 is 0.785 bits per heavy atom. The van der Waals surface area contributed by atoms with Crippen LogP contribution in [0.1, 0.15) is 88.0 Å². The summed E-state index contributed by atoms with van der Waals surface area (Å²) in [5, 5.41) is 18.4. The maximum Gasteiger partial charge on any atom is 0.245 e. The molecule has 4 heterocycles. The lowest BCUT2D eigenvalue weighted by Crippen LogP contribution is -2.60. The van der Waals surface area contributed by atoms with Crippen molar-refractivity contribution in [3.8, 4) is 0 Å². The van der Waals surface area contributed by atoms with Gasteiger partial charge in [0.15, 0.2) is 0 Å². The number of fused-ring (bicyclic) bond motifs is 2. The molecule has 0 spiro atoms. The fourth-order valence-corrected chi connectivity index (χ4v) is 9.51. The zero-order valence-corrected chi connectivity index (χ0v) is 37.3. The molecule has 1 aliphatic carbocycles. The van der Waals surface area contributed by atoms with Gasteiger partial charge in [0.25, 0.3) is 0 Å². The van der Waals surface area contributed by atoms with Gasteiger partial charge >= 0.3 is 0 Å². The Bertz CT molecular complexity index is 2320. The summed E-state index contributed by atoms with van der Waals surface area (Å²) in [6, 6.07) is 10.6. The maximum atomic E-state index is 14.7. The number of rotatable bonds is 11. The highest BCUT2D eigenvalue weighted by molar-refractivity contribution is 5.98. The van der Waals surface area contributed by atoms with Crippen molar-refractivity contribution in [2.45, 2.75) is 127 Å². The van der Waals surface area contributed by atoms with Gasteiger partial charge in [-0.05, 0) is 55.2 Å². The van der Waals surface area contributed by atoms with E-state index >= 15 is 0 Å². The van der Waals surface area contributed by atoms with Gasteiger partial charge in [0, 0.05) is 75.3 Å². The summed E-state index contributed by atoms with van der Waals surface area (Å²) in [5.74, 6) is -3.40. The van der Waals surface area contributed by atoms with Crippen LogP contribution in [0, 0.1) is 5.92 Å². The molecular weight excluding hydrogens is 829 g/mol. The number of imidazole rings is 1. The van der Waals surface area contributed by atoms with Crippen molar-refractivity contribution in [3.05, 3.63) is 90.1 Å². The Labute approximate surface area is 379 Å². The summed E-state index contributed by atoms with van der Waals surface area (Å²) in [6.07, 6.45) is 11.8. The molecule has 0 unspecified atom stereocenters. The van der Waals surface area contributed by atoms with E-state index in [4.69, 9.17) is 0 Å². The molecule has 346 valence electrons. The van der Waals surface area contributed by atoms with E-state index < -0.39 is 77.6 Å². The van der Waals surface area contributed by atoms with Crippen LogP contribution < -0.4 is 31.9 Å². The van der Waals surface area contributed by atoms with Crippen molar-refractivity contribution < 1.29 is 33.6 Å². The number of aromatic amines is 1. The van der Waals surface area contributed by atoms with Crippen molar-refractivity contribution in [2.75, 3.05) is 13.1 Å². The number of hydrogen-bond acceptors (Lipinski definition) is 8. The third-order valence-corrected chi connectivity index (χ3v) is 13.0. The Morgan fingerprint density at radius 3 is 2.23 bits per heavy atom. The molecule has 7 rings (SSSR count). The van der Waals surface area contributed by atoms with Crippen molar-refractivity contribution in [2.24, 2.45) is 13.0 Å². The van der Waals surface area contributed by atoms with E-state index in [1.165, 1.54) is 11.8 Å². The van der Waals surface area contributed by atoms with Gasteiger partial charge in [-0.1, -0.05) is 80.6 Å². The van der Waals surface area contributed by atoms with Crippen LogP contribution in [0.5, 0.6) is 0 Å². The number of benzene rings is 2. The van der Waals surface area contributed by atoms with E-state index in [1.54, 1.807) is 30.3 Å². The zero-order valence-electron chi connectivity index (χ0n) is 37.3. The second-order valence-corrected chi connectivity index (χ2v) is 17.8. The number of hydrogen-bond donors (Lipinski definition) is 7. The Kier molecular flexibility index (Phi) is 15.7. The molecule has 17 heteroatoms. The van der Waals surface area contributed by atoms with Gasteiger partial charge in [-0.2, -0.15) is 0 Å². The number of amides is 7. The fourth-order valence-electron chi connectivity index (χ4n) is 9.51. The number of carbonyl (C=O) groups excluding carboxylic acids is 7. The van der Waals surface area contributed by atoms with E-state index in [0.29, 0.717) is 25.0 Å². The first-order chi connectivity index (χ1) is 31.4. The summed E-state index contributed by atoms with van der Waals surface area (Å²) in [7, 11) is 1.79. The molecule has 7 N–H and O–H groups in total. The molecule has 2 aromatic heterocycles. The molecule has 0 radical (unpaired) electrons. The highest BCUT2D eigenvalue weighted by Crippen LogP contribution is 2.28. The average molecular weight is 891 g/mol. The van der Waals surface area contributed by atoms with Crippen LogP contribution in [-0.2, 0) is 59.9 Å². The SMILES string of the molecule is CC(=O)N[C@@H](Cc1ccccc1)C(=O)N[C@H]1CCCNC(=O)[C@H](Cc2cncn2C)NC(=O)[C@H](Cc2c[nH]c3ccccc23)NC(=O)[C@@H](CC2CCCCC2)NC(=O)[C@@H]2CCCN2C1=O. The van der Waals surface area contributed by atoms with Crippen LogP contribution in [0.2, 0.25) is 0 Å². The molecule has 3 fully saturated rings. The van der Waals surface area contributed by atoms with Gasteiger partial charge < -0.3 is 46.4 Å². The zero-order chi connectivity index (χ0) is 45.9. The molecule has 2 aliphatic heterocycles. The van der Waals surface area contributed by atoms with E-state index in [-0.39, 0.29) is 51.1 Å². The van der Waals surface area contributed by atoms with Crippen LogP contribution in [-0.4, -0.2) is 110 Å². The van der Waals surface area contributed by atoms with E-state index in [2.05, 4.69) is 41.9 Å². The van der Waals surface area contributed by atoms with E-state index in [1.807, 2.05) is 54.6 Å². The molecule has 17 nitrogen and oxygen atoms in total. The first kappa shape index (κ1) is 46.5. The minimum atomic E-state index is -1.13. The van der Waals surface area contributed by atoms with Crippen molar-refractivity contribution >= 4 is 52.3 Å². The number of aryl methyl sites for hydroxylation is 1. The predicted molar refractivity (Wildman–Crippen MR) is 243 cm³/mol. The van der Waals surface area contributed by atoms with Crippen molar-refractivity contribution in [1.29, 1.82) is 0 Å². The molecule has 1 saturated carbocycles. The predicted octanol–water partition coefficient (Wildman–Crippen LogP) is 2.24. The lowest BCUT2D eigenvalue weighted by Gasteiger charge is -2.32. The normalized spacial score (nSPS) is 23.6. The van der Waals surface area contributed by atoms with Crippen LogP contribution in [0.3, 0.4) is 0 Å². The minimum absolute atomic E-state index is 0.0810. The molecule has 65 heavy (non-hydrogen) atoms. The Hall–Kier alpha value is -6.52. The van der Waals surface area contributed by atoms with Crippen LogP contribution in [0.4, 0.5) is 0 Å². The third-order valence-electron chi connectivity index (χ3n) is 13.0. The standard InChI is InChI=1S/C48H62N10O7/c1-30(59)52-38(23-31-13-5-3-6-14-31)44(61)53-37-19-11-21-50-43(60)41(26-34-28-49-29-57(34)2)55-46(63)40(25-33-27-51-36-18-10-9-17-35(33)36)54-45(62)39(24-32-15-7-4-8-16-32)56-47(64)42-20-12-22-58(42)48(37)65/h3,5-6,9-10,13-14,17-18,27-29,32,37-42,51H,4,7-8,11-12,15-16,19-26H2,1-2H3,(H,50,60)(H,52,59)(H,53,61)(H,54,62)(H,55,63)(H,56,64)/t37-,38-,39+,40-,41-,42-/m0/s1. The van der Waals surface area contributed by atoms with Crippen LogP contribution in [0.15, 0.2) is 73.3 Å².